The fraction of sp³-hybridized carbons (Fsp3) is 0.0952. The van der Waals surface area contributed by atoms with Crippen LogP contribution >= 0.6 is 11.6 Å². The minimum Gasteiger partial charge on any atom is -0.484 e. The predicted molar refractivity (Wildman–Crippen MR) is 114 cm³/mol. The SMILES string of the molecule is Cc1cccc(NS(=O)(=O)c2ccc(OCC(=O)Nc3cccc(Cl)c3)cc2)c1. The van der Waals surface area contributed by atoms with Gasteiger partial charge in [0.2, 0.25) is 0 Å². The van der Waals surface area contributed by atoms with Crippen LogP contribution in [0.2, 0.25) is 5.02 Å². The molecule has 0 heterocycles. The normalized spacial score (nSPS) is 11.0. The van der Waals surface area contributed by atoms with Gasteiger partial charge in [-0.2, -0.15) is 0 Å². The van der Waals surface area contributed by atoms with E-state index in [2.05, 4.69) is 10.0 Å². The van der Waals surface area contributed by atoms with Crippen molar-refractivity contribution in [2.45, 2.75) is 11.8 Å². The summed E-state index contributed by atoms with van der Waals surface area (Å²) in [5.74, 6) is 0.0193. The van der Waals surface area contributed by atoms with Crippen molar-refractivity contribution >= 4 is 38.9 Å². The average Bonchev–Trinajstić information content (AvgIpc) is 2.66. The number of ether oxygens (including phenoxy) is 1. The van der Waals surface area contributed by atoms with Crippen LogP contribution in [0, 0.1) is 6.92 Å². The van der Waals surface area contributed by atoms with Crippen molar-refractivity contribution in [3.8, 4) is 5.75 Å². The molecular formula is C21H19ClN2O4S. The highest BCUT2D eigenvalue weighted by Gasteiger charge is 2.14. The van der Waals surface area contributed by atoms with Gasteiger partial charge in [0, 0.05) is 16.4 Å². The van der Waals surface area contributed by atoms with Crippen molar-refractivity contribution in [1.82, 2.24) is 0 Å². The van der Waals surface area contributed by atoms with E-state index in [1.165, 1.54) is 24.3 Å². The minimum absolute atomic E-state index is 0.0923. The summed E-state index contributed by atoms with van der Waals surface area (Å²) >= 11 is 5.87. The molecule has 0 bridgehead atoms. The molecule has 3 rings (SSSR count). The standard InChI is InChI=1S/C21H19ClN2O4S/c1-15-4-2-7-18(12-15)24-29(26,27)20-10-8-19(9-11-20)28-14-21(25)23-17-6-3-5-16(22)13-17/h2-13,24H,14H2,1H3,(H,23,25). The molecule has 0 aliphatic carbocycles. The molecule has 0 radical (unpaired) electrons. The Labute approximate surface area is 174 Å². The lowest BCUT2D eigenvalue weighted by Crippen LogP contribution is -2.20. The molecule has 0 aromatic heterocycles. The molecule has 1 amide bonds. The highest BCUT2D eigenvalue weighted by molar-refractivity contribution is 7.92. The van der Waals surface area contributed by atoms with E-state index in [0.29, 0.717) is 22.1 Å². The first-order valence-corrected chi connectivity index (χ1v) is 10.6. The fourth-order valence-corrected chi connectivity index (χ4v) is 3.79. The second-order valence-electron chi connectivity index (χ2n) is 6.29. The Kier molecular flexibility index (Phi) is 6.41. The maximum atomic E-state index is 12.5. The molecule has 2 N–H and O–H groups in total. The van der Waals surface area contributed by atoms with E-state index >= 15 is 0 Å². The van der Waals surface area contributed by atoms with Crippen molar-refractivity contribution < 1.29 is 17.9 Å². The zero-order valence-electron chi connectivity index (χ0n) is 15.6. The van der Waals surface area contributed by atoms with Crippen molar-refractivity contribution in [1.29, 1.82) is 0 Å². The molecule has 8 heteroatoms. The van der Waals surface area contributed by atoms with E-state index in [9.17, 15) is 13.2 Å². The van der Waals surface area contributed by atoms with Gasteiger partial charge in [-0.25, -0.2) is 8.42 Å². The van der Waals surface area contributed by atoms with E-state index < -0.39 is 10.0 Å². The van der Waals surface area contributed by atoms with Crippen LogP contribution in [0.1, 0.15) is 5.56 Å². The molecule has 6 nitrogen and oxygen atoms in total. The number of sulfonamides is 1. The smallest absolute Gasteiger partial charge is 0.262 e. The van der Waals surface area contributed by atoms with Crippen LogP contribution in [-0.4, -0.2) is 20.9 Å². The Morgan fingerprint density at radius 3 is 2.34 bits per heavy atom. The Morgan fingerprint density at radius 2 is 1.66 bits per heavy atom. The van der Waals surface area contributed by atoms with Crippen LogP contribution in [0.4, 0.5) is 11.4 Å². The highest BCUT2D eigenvalue weighted by Crippen LogP contribution is 2.20. The Balaban J connectivity index is 1.58. The summed E-state index contributed by atoms with van der Waals surface area (Å²) in [6.07, 6.45) is 0. The number of amides is 1. The summed E-state index contributed by atoms with van der Waals surface area (Å²) in [5, 5.41) is 3.18. The van der Waals surface area contributed by atoms with E-state index in [1.54, 1.807) is 42.5 Å². The first-order chi connectivity index (χ1) is 13.8. The molecule has 29 heavy (non-hydrogen) atoms. The van der Waals surface area contributed by atoms with Gasteiger partial charge < -0.3 is 10.1 Å². The minimum atomic E-state index is -3.72. The molecule has 0 atom stereocenters. The molecule has 3 aromatic carbocycles. The molecule has 0 spiro atoms. The van der Waals surface area contributed by atoms with Crippen LogP contribution in [0.15, 0.2) is 77.7 Å². The molecular weight excluding hydrogens is 412 g/mol. The molecule has 0 unspecified atom stereocenters. The van der Waals surface area contributed by atoms with Gasteiger partial charge in [-0.3, -0.25) is 9.52 Å². The highest BCUT2D eigenvalue weighted by atomic mass is 35.5. The van der Waals surface area contributed by atoms with Gasteiger partial charge in [-0.1, -0.05) is 29.8 Å². The molecule has 3 aromatic rings. The summed E-state index contributed by atoms with van der Waals surface area (Å²) in [6, 6.07) is 19.7. The quantitative estimate of drug-likeness (QED) is 0.579. The number of hydrogen-bond donors (Lipinski definition) is 2. The number of hydrogen-bond acceptors (Lipinski definition) is 4. The second-order valence-corrected chi connectivity index (χ2v) is 8.41. The summed E-state index contributed by atoms with van der Waals surface area (Å²) < 4.78 is 32.9. The van der Waals surface area contributed by atoms with Crippen molar-refractivity contribution in [2.75, 3.05) is 16.6 Å². The fourth-order valence-electron chi connectivity index (χ4n) is 2.55. The van der Waals surface area contributed by atoms with Gasteiger partial charge in [0.25, 0.3) is 15.9 Å². The maximum Gasteiger partial charge on any atom is 0.262 e. The summed E-state index contributed by atoms with van der Waals surface area (Å²) in [7, 11) is -3.72. The largest absolute Gasteiger partial charge is 0.484 e. The van der Waals surface area contributed by atoms with Gasteiger partial charge >= 0.3 is 0 Å². The van der Waals surface area contributed by atoms with Crippen LogP contribution in [0.25, 0.3) is 0 Å². The average molecular weight is 431 g/mol. The summed E-state index contributed by atoms with van der Waals surface area (Å²) in [4.78, 5) is 12.1. The van der Waals surface area contributed by atoms with Gasteiger partial charge in [0.05, 0.1) is 4.90 Å². The lowest BCUT2D eigenvalue weighted by Gasteiger charge is -2.10. The third kappa shape index (κ3) is 5.97. The van der Waals surface area contributed by atoms with Crippen LogP contribution in [-0.2, 0) is 14.8 Å². The first kappa shape index (κ1) is 20.7. The van der Waals surface area contributed by atoms with E-state index in [-0.39, 0.29) is 17.4 Å². The third-order valence-electron chi connectivity index (χ3n) is 3.88. The molecule has 0 saturated carbocycles. The predicted octanol–water partition coefficient (Wildman–Crippen LogP) is 4.47. The van der Waals surface area contributed by atoms with Gasteiger partial charge in [0.15, 0.2) is 6.61 Å². The van der Waals surface area contributed by atoms with Crippen molar-refractivity contribution in [3.05, 3.63) is 83.4 Å². The van der Waals surface area contributed by atoms with E-state index in [4.69, 9.17) is 16.3 Å². The number of anilines is 2. The number of carbonyl (C=O) groups is 1. The van der Waals surface area contributed by atoms with Crippen LogP contribution < -0.4 is 14.8 Å². The third-order valence-corrected chi connectivity index (χ3v) is 5.51. The zero-order valence-corrected chi connectivity index (χ0v) is 17.1. The maximum absolute atomic E-state index is 12.5. The lowest BCUT2D eigenvalue weighted by atomic mass is 10.2. The lowest BCUT2D eigenvalue weighted by molar-refractivity contribution is -0.118. The van der Waals surface area contributed by atoms with Crippen molar-refractivity contribution in [2.24, 2.45) is 0 Å². The van der Waals surface area contributed by atoms with E-state index in [1.807, 2.05) is 13.0 Å². The number of carbonyl (C=O) groups excluding carboxylic acids is 1. The first-order valence-electron chi connectivity index (χ1n) is 8.70. The topological polar surface area (TPSA) is 84.5 Å². The number of nitrogens with one attached hydrogen (secondary N) is 2. The van der Waals surface area contributed by atoms with Gasteiger partial charge in [-0.05, 0) is 67.1 Å². The number of halogens is 1. The second kappa shape index (κ2) is 8.98. The van der Waals surface area contributed by atoms with E-state index in [0.717, 1.165) is 5.56 Å². The molecule has 150 valence electrons. The van der Waals surface area contributed by atoms with Crippen LogP contribution in [0.5, 0.6) is 5.75 Å². The Bertz CT molecular complexity index is 1120. The molecule has 0 saturated heterocycles. The Hall–Kier alpha value is -3.03. The zero-order chi connectivity index (χ0) is 20.9. The van der Waals surface area contributed by atoms with Gasteiger partial charge in [-0.15, -0.1) is 0 Å². The Morgan fingerprint density at radius 1 is 0.966 bits per heavy atom. The monoisotopic (exact) mass is 430 g/mol. The summed E-state index contributed by atoms with van der Waals surface area (Å²) in [5.41, 5.74) is 2.00. The molecule has 0 fully saturated rings. The van der Waals surface area contributed by atoms with Crippen LogP contribution in [0.3, 0.4) is 0 Å². The number of rotatable bonds is 7. The van der Waals surface area contributed by atoms with Gasteiger partial charge in [0.1, 0.15) is 5.75 Å². The number of aryl methyl sites for hydroxylation is 1. The van der Waals surface area contributed by atoms with Crippen molar-refractivity contribution in [3.63, 3.8) is 0 Å². The molecule has 0 aliphatic heterocycles. The molecule has 0 aliphatic rings. The number of benzene rings is 3. The summed E-state index contributed by atoms with van der Waals surface area (Å²) in [6.45, 7) is 1.66.